The predicted octanol–water partition coefficient (Wildman–Crippen LogP) is 1.39. The van der Waals surface area contributed by atoms with Crippen molar-refractivity contribution >= 4 is 0 Å². The Morgan fingerprint density at radius 3 is 2.44 bits per heavy atom. The first-order chi connectivity index (χ1) is 7.69. The van der Waals surface area contributed by atoms with Crippen LogP contribution in [0.3, 0.4) is 0 Å². The van der Waals surface area contributed by atoms with Gasteiger partial charge >= 0.3 is 0 Å². The summed E-state index contributed by atoms with van der Waals surface area (Å²) in [6.07, 6.45) is -1.65. The summed E-state index contributed by atoms with van der Waals surface area (Å²) in [4.78, 5) is 0. The molecule has 0 saturated carbocycles. The Balaban J connectivity index is 2.67. The Morgan fingerprint density at radius 2 is 1.94 bits per heavy atom. The molecule has 1 aromatic carbocycles. The van der Waals surface area contributed by atoms with E-state index in [9.17, 15) is 5.11 Å². The normalized spacial score (nSPS) is 13.9. The van der Waals surface area contributed by atoms with Crippen LogP contribution >= 0.6 is 0 Å². The van der Waals surface area contributed by atoms with Gasteiger partial charge in [-0.15, -0.1) is 0 Å². The number of aliphatic hydroxyl groups excluding tert-OH is 2. The van der Waals surface area contributed by atoms with Gasteiger partial charge < -0.3 is 14.9 Å². The summed E-state index contributed by atoms with van der Waals surface area (Å²) in [5, 5.41) is 27.1. The predicted molar refractivity (Wildman–Crippen MR) is 58.8 cm³/mol. The molecule has 0 aromatic heterocycles. The Kier molecular flexibility index (Phi) is 4.77. The topological polar surface area (TPSA) is 73.5 Å². The van der Waals surface area contributed by atoms with Crippen LogP contribution in [0.25, 0.3) is 0 Å². The first-order valence-corrected chi connectivity index (χ1v) is 5.17. The molecule has 0 aliphatic carbocycles. The molecule has 2 N–H and O–H groups in total. The average Bonchev–Trinajstić information content (AvgIpc) is 2.35. The molecule has 0 saturated heterocycles. The number of nitrogens with zero attached hydrogens (tertiary/aromatic N) is 1. The molecule has 0 radical (unpaired) electrons. The highest BCUT2D eigenvalue weighted by molar-refractivity contribution is 5.29. The summed E-state index contributed by atoms with van der Waals surface area (Å²) in [6, 6.07) is 8.27. The van der Waals surface area contributed by atoms with E-state index in [1.807, 2.05) is 6.92 Å². The molecule has 2 atom stereocenters. The van der Waals surface area contributed by atoms with Crippen molar-refractivity contribution in [3.05, 3.63) is 29.8 Å². The molecule has 0 aliphatic heterocycles. The number of hydrogen-bond acceptors (Lipinski definition) is 4. The lowest BCUT2D eigenvalue weighted by atomic mass is 10.1. The summed E-state index contributed by atoms with van der Waals surface area (Å²) in [7, 11) is 0. The van der Waals surface area contributed by atoms with Gasteiger partial charge in [0.25, 0.3) is 0 Å². The molecule has 0 aliphatic rings. The molecular weight excluding hydrogens is 206 g/mol. The maximum absolute atomic E-state index is 9.54. The van der Waals surface area contributed by atoms with Gasteiger partial charge in [-0.1, -0.05) is 19.1 Å². The second-order valence-electron chi connectivity index (χ2n) is 3.44. The third kappa shape index (κ3) is 3.23. The molecule has 0 heterocycles. The van der Waals surface area contributed by atoms with Crippen molar-refractivity contribution in [1.29, 1.82) is 5.26 Å². The summed E-state index contributed by atoms with van der Waals surface area (Å²) in [5.74, 6) is 0.712. The van der Waals surface area contributed by atoms with Crippen LogP contribution in [-0.4, -0.2) is 22.9 Å². The van der Waals surface area contributed by atoms with Gasteiger partial charge in [0.1, 0.15) is 11.9 Å². The van der Waals surface area contributed by atoms with Crippen LogP contribution in [0.4, 0.5) is 0 Å². The zero-order chi connectivity index (χ0) is 12.0. The molecule has 4 heteroatoms. The van der Waals surface area contributed by atoms with Crippen molar-refractivity contribution in [3.8, 4) is 11.8 Å². The highest BCUT2D eigenvalue weighted by Gasteiger charge is 2.17. The Hall–Kier alpha value is -1.57. The molecule has 1 aromatic rings. The molecule has 0 fully saturated rings. The first-order valence-electron chi connectivity index (χ1n) is 5.17. The molecule has 2 unspecified atom stereocenters. The summed E-state index contributed by atoms with van der Waals surface area (Å²) < 4.78 is 5.37. The van der Waals surface area contributed by atoms with E-state index < -0.39 is 12.2 Å². The maximum Gasteiger partial charge on any atom is 0.170 e. The lowest BCUT2D eigenvalue weighted by Gasteiger charge is -2.12. The van der Waals surface area contributed by atoms with Crippen molar-refractivity contribution in [1.82, 2.24) is 0 Å². The fourth-order valence-electron chi connectivity index (χ4n) is 1.23. The molecule has 1 rings (SSSR count). The lowest BCUT2D eigenvalue weighted by molar-refractivity contribution is 0.0527. The van der Waals surface area contributed by atoms with Gasteiger partial charge in [-0.05, 0) is 24.1 Å². The van der Waals surface area contributed by atoms with Gasteiger partial charge in [0.05, 0.1) is 12.7 Å². The second kappa shape index (κ2) is 6.11. The SMILES string of the molecule is CCCOc1ccc(C(O)C(O)C#N)cc1. The van der Waals surface area contributed by atoms with Gasteiger partial charge in [0, 0.05) is 0 Å². The van der Waals surface area contributed by atoms with Gasteiger partial charge in [0.2, 0.25) is 0 Å². The summed E-state index contributed by atoms with van der Waals surface area (Å²) >= 11 is 0. The highest BCUT2D eigenvalue weighted by atomic mass is 16.5. The van der Waals surface area contributed by atoms with Crippen LogP contribution < -0.4 is 4.74 Å². The number of aliphatic hydroxyl groups is 2. The Morgan fingerprint density at radius 1 is 1.31 bits per heavy atom. The van der Waals surface area contributed by atoms with Crippen molar-refractivity contribution in [3.63, 3.8) is 0 Å². The van der Waals surface area contributed by atoms with E-state index in [0.29, 0.717) is 17.9 Å². The molecule has 0 spiro atoms. The standard InChI is InChI=1S/C12H15NO3/c1-2-7-16-10-5-3-9(4-6-10)12(15)11(14)8-13/h3-6,11-12,14-15H,2,7H2,1H3. The number of benzene rings is 1. The number of ether oxygens (including phenoxy) is 1. The number of rotatable bonds is 5. The lowest BCUT2D eigenvalue weighted by Crippen LogP contribution is -2.15. The van der Waals surface area contributed by atoms with Crippen molar-refractivity contribution < 1.29 is 14.9 Å². The second-order valence-corrected chi connectivity index (χ2v) is 3.44. The molecular formula is C12H15NO3. The van der Waals surface area contributed by atoms with E-state index >= 15 is 0 Å². The van der Waals surface area contributed by atoms with Gasteiger partial charge in [-0.25, -0.2) is 0 Å². The zero-order valence-electron chi connectivity index (χ0n) is 9.13. The van der Waals surface area contributed by atoms with Crippen LogP contribution in [0.5, 0.6) is 5.75 Å². The van der Waals surface area contributed by atoms with Crippen molar-refractivity contribution in [2.24, 2.45) is 0 Å². The maximum atomic E-state index is 9.54. The minimum Gasteiger partial charge on any atom is -0.494 e. The fourth-order valence-corrected chi connectivity index (χ4v) is 1.23. The Labute approximate surface area is 94.7 Å². The number of hydrogen-bond donors (Lipinski definition) is 2. The Bertz CT molecular complexity index is 356. The van der Waals surface area contributed by atoms with Gasteiger partial charge in [-0.3, -0.25) is 0 Å². The summed E-state index contributed by atoms with van der Waals surface area (Å²) in [6.45, 7) is 2.66. The molecule has 0 amide bonds. The van der Waals surface area contributed by atoms with Crippen molar-refractivity contribution in [2.45, 2.75) is 25.6 Å². The van der Waals surface area contributed by atoms with Crippen LogP contribution in [-0.2, 0) is 0 Å². The average molecular weight is 221 g/mol. The van der Waals surface area contributed by atoms with Crippen molar-refractivity contribution in [2.75, 3.05) is 6.61 Å². The monoisotopic (exact) mass is 221 g/mol. The van der Waals surface area contributed by atoms with E-state index in [-0.39, 0.29) is 0 Å². The van der Waals surface area contributed by atoms with Crippen LogP contribution in [0, 0.1) is 11.3 Å². The molecule has 4 nitrogen and oxygen atoms in total. The quantitative estimate of drug-likeness (QED) is 0.737. The fraction of sp³-hybridized carbons (Fsp3) is 0.417. The zero-order valence-corrected chi connectivity index (χ0v) is 9.13. The summed E-state index contributed by atoms with van der Waals surface area (Å²) in [5.41, 5.74) is 0.498. The highest BCUT2D eigenvalue weighted by Crippen LogP contribution is 2.20. The van der Waals surface area contributed by atoms with E-state index in [4.69, 9.17) is 15.1 Å². The van der Waals surface area contributed by atoms with Gasteiger partial charge in [-0.2, -0.15) is 5.26 Å². The van der Waals surface area contributed by atoms with E-state index in [2.05, 4.69) is 0 Å². The minimum absolute atomic E-state index is 0.498. The first kappa shape index (κ1) is 12.5. The third-order valence-corrected chi connectivity index (χ3v) is 2.13. The third-order valence-electron chi connectivity index (χ3n) is 2.13. The number of nitriles is 1. The van der Waals surface area contributed by atoms with Crippen LogP contribution in [0.1, 0.15) is 25.0 Å². The largest absolute Gasteiger partial charge is 0.494 e. The molecule has 86 valence electrons. The van der Waals surface area contributed by atoms with E-state index in [1.165, 1.54) is 0 Å². The molecule has 16 heavy (non-hydrogen) atoms. The van der Waals surface area contributed by atoms with Crippen LogP contribution in [0.15, 0.2) is 24.3 Å². The minimum atomic E-state index is -1.40. The van der Waals surface area contributed by atoms with E-state index in [1.54, 1.807) is 30.3 Å². The van der Waals surface area contributed by atoms with Gasteiger partial charge in [0.15, 0.2) is 6.10 Å². The van der Waals surface area contributed by atoms with Crippen LogP contribution in [0.2, 0.25) is 0 Å². The van der Waals surface area contributed by atoms with E-state index in [0.717, 1.165) is 6.42 Å². The smallest absolute Gasteiger partial charge is 0.170 e. The molecule has 0 bridgehead atoms.